The van der Waals surface area contributed by atoms with Gasteiger partial charge in [-0.25, -0.2) is 0 Å². The standard InChI is InChI=1S/C17H13F3N2O2/c1-24-13-5-6-14-10(7-13)8-15(22-14)16(23)21-12-4-2-3-11(9-12)17(18,19)20/h2-9,22H,1H3,(H,21,23). The molecule has 1 heterocycles. The molecule has 0 radical (unpaired) electrons. The van der Waals surface area contributed by atoms with Crippen molar-refractivity contribution in [1.29, 1.82) is 0 Å². The summed E-state index contributed by atoms with van der Waals surface area (Å²) in [6.07, 6.45) is -4.46. The van der Waals surface area contributed by atoms with E-state index < -0.39 is 17.6 Å². The second kappa shape index (κ2) is 5.92. The highest BCUT2D eigenvalue weighted by molar-refractivity contribution is 6.06. The summed E-state index contributed by atoms with van der Waals surface area (Å²) in [6.45, 7) is 0. The number of amides is 1. The monoisotopic (exact) mass is 334 g/mol. The van der Waals surface area contributed by atoms with Gasteiger partial charge in [-0.05, 0) is 42.5 Å². The molecule has 1 amide bonds. The third kappa shape index (κ3) is 3.19. The number of fused-ring (bicyclic) bond motifs is 1. The SMILES string of the molecule is COc1ccc2[nH]c(C(=O)Nc3cccc(C(F)(F)F)c3)cc2c1. The van der Waals surface area contributed by atoms with E-state index in [-0.39, 0.29) is 11.4 Å². The van der Waals surface area contributed by atoms with Gasteiger partial charge in [0, 0.05) is 16.6 Å². The highest BCUT2D eigenvalue weighted by Gasteiger charge is 2.30. The predicted molar refractivity (Wildman–Crippen MR) is 84.2 cm³/mol. The third-order valence-electron chi connectivity index (χ3n) is 3.52. The van der Waals surface area contributed by atoms with E-state index >= 15 is 0 Å². The Morgan fingerprint density at radius 1 is 1.12 bits per heavy atom. The minimum Gasteiger partial charge on any atom is -0.497 e. The molecule has 2 N–H and O–H groups in total. The van der Waals surface area contributed by atoms with E-state index in [0.717, 1.165) is 23.0 Å². The van der Waals surface area contributed by atoms with Crippen LogP contribution in [0.2, 0.25) is 0 Å². The molecule has 3 aromatic rings. The maximum atomic E-state index is 12.7. The quantitative estimate of drug-likeness (QED) is 0.744. The molecule has 4 nitrogen and oxygen atoms in total. The Kier molecular flexibility index (Phi) is 3.92. The zero-order valence-corrected chi connectivity index (χ0v) is 12.6. The zero-order chi connectivity index (χ0) is 17.3. The molecule has 3 rings (SSSR count). The fraction of sp³-hybridized carbons (Fsp3) is 0.118. The van der Waals surface area contributed by atoms with Crippen molar-refractivity contribution < 1.29 is 22.7 Å². The van der Waals surface area contributed by atoms with E-state index in [2.05, 4.69) is 10.3 Å². The van der Waals surface area contributed by atoms with E-state index in [1.165, 1.54) is 19.2 Å². The first kappa shape index (κ1) is 15.9. The van der Waals surface area contributed by atoms with Gasteiger partial charge in [-0.1, -0.05) is 6.07 Å². The van der Waals surface area contributed by atoms with Crippen molar-refractivity contribution in [2.24, 2.45) is 0 Å². The molecule has 0 aliphatic rings. The van der Waals surface area contributed by atoms with Crippen LogP contribution >= 0.6 is 0 Å². The molecule has 0 aliphatic heterocycles. The number of nitrogens with one attached hydrogen (secondary N) is 2. The lowest BCUT2D eigenvalue weighted by Gasteiger charge is -2.09. The Bertz CT molecular complexity index is 900. The number of hydrogen-bond donors (Lipinski definition) is 2. The molecular formula is C17H13F3N2O2. The van der Waals surface area contributed by atoms with E-state index in [4.69, 9.17) is 4.74 Å². The molecule has 0 saturated carbocycles. The number of halogens is 3. The van der Waals surface area contributed by atoms with Gasteiger partial charge in [0.25, 0.3) is 5.91 Å². The molecule has 0 spiro atoms. The van der Waals surface area contributed by atoms with Gasteiger partial charge in [0.15, 0.2) is 0 Å². The second-order valence-corrected chi connectivity index (χ2v) is 5.17. The number of hydrogen-bond acceptors (Lipinski definition) is 2. The van der Waals surface area contributed by atoms with Gasteiger partial charge in [-0.3, -0.25) is 4.79 Å². The first-order valence-corrected chi connectivity index (χ1v) is 7.02. The summed E-state index contributed by atoms with van der Waals surface area (Å²) in [7, 11) is 1.54. The molecule has 0 saturated heterocycles. The van der Waals surface area contributed by atoms with E-state index in [1.807, 2.05) is 0 Å². The van der Waals surface area contributed by atoms with Crippen LogP contribution in [0.15, 0.2) is 48.5 Å². The lowest BCUT2D eigenvalue weighted by Crippen LogP contribution is -2.13. The zero-order valence-electron chi connectivity index (χ0n) is 12.6. The highest BCUT2D eigenvalue weighted by Crippen LogP contribution is 2.30. The summed E-state index contributed by atoms with van der Waals surface area (Å²) >= 11 is 0. The molecule has 0 atom stereocenters. The lowest BCUT2D eigenvalue weighted by molar-refractivity contribution is -0.137. The number of rotatable bonds is 3. The second-order valence-electron chi connectivity index (χ2n) is 5.17. The summed E-state index contributed by atoms with van der Waals surface area (Å²) in [5.41, 5.74) is 0.230. The number of aromatic amines is 1. The third-order valence-corrected chi connectivity index (χ3v) is 3.52. The summed E-state index contributed by atoms with van der Waals surface area (Å²) in [4.78, 5) is 15.2. The molecule has 0 bridgehead atoms. The largest absolute Gasteiger partial charge is 0.497 e. The van der Waals surface area contributed by atoms with Crippen LogP contribution in [-0.2, 0) is 6.18 Å². The predicted octanol–water partition coefficient (Wildman–Crippen LogP) is 4.45. The van der Waals surface area contributed by atoms with Crippen molar-refractivity contribution >= 4 is 22.5 Å². The van der Waals surface area contributed by atoms with Crippen LogP contribution in [0.5, 0.6) is 5.75 Å². The smallest absolute Gasteiger partial charge is 0.416 e. The minimum atomic E-state index is -4.46. The van der Waals surface area contributed by atoms with Gasteiger partial charge < -0.3 is 15.0 Å². The Balaban J connectivity index is 1.85. The first-order valence-electron chi connectivity index (χ1n) is 7.02. The van der Waals surface area contributed by atoms with Gasteiger partial charge in [0.2, 0.25) is 0 Å². The number of H-pyrrole nitrogens is 1. The average molecular weight is 334 g/mol. The molecular weight excluding hydrogens is 321 g/mol. The molecule has 124 valence electrons. The van der Waals surface area contributed by atoms with Crippen molar-refractivity contribution in [2.45, 2.75) is 6.18 Å². The number of methoxy groups -OCH3 is 1. The van der Waals surface area contributed by atoms with Crippen molar-refractivity contribution in [2.75, 3.05) is 12.4 Å². The molecule has 0 unspecified atom stereocenters. The van der Waals surface area contributed by atoms with Crippen LogP contribution in [0.3, 0.4) is 0 Å². The number of carbonyl (C=O) groups is 1. The van der Waals surface area contributed by atoms with Gasteiger partial charge in [-0.15, -0.1) is 0 Å². The molecule has 0 aliphatic carbocycles. The number of benzene rings is 2. The summed E-state index contributed by atoms with van der Waals surface area (Å²) in [5, 5.41) is 3.23. The minimum absolute atomic E-state index is 0.0751. The molecule has 1 aromatic heterocycles. The van der Waals surface area contributed by atoms with Crippen molar-refractivity contribution in [3.05, 3.63) is 59.8 Å². The van der Waals surface area contributed by atoms with Crippen LogP contribution in [0.1, 0.15) is 16.1 Å². The number of anilines is 1. The van der Waals surface area contributed by atoms with Gasteiger partial charge in [-0.2, -0.15) is 13.2 Å². The van der Waals surface area contributed by atoms with E-state index in [1.54, 1.807) is 24.3 Å². The van der Waals surface area contributed by atoms with E-state index in [9.17, 15) is 18.0 Å². The highest BCUT2D eigenvalue weighted by atomic mass is 19.4. The van der Waals surface area contributed by atoms with Crippen LogP contribution < -0.4 is 10.1 Å². The Morgan fingerprint density at radius 2 is 1.92 bits per heavy atom. The summed E-state index contributed by atoms with van der Waals surface area (Å²) in [5.74, 6) is 0.121. The molecule has 24 heavy (non-hydrogen) atoms. The maximum Gasteiger partial charge on any atom is 0.416 e. The average Bonchev–Trinajstić information content (AvgIpc) is 2.97. The van der Waals surface area contributed by atoms with Crippen molar-refractivity contribution in [1.82, 2.24) is 4.98 Å². The first-order chi connectivity index (χ1) is 11.4. The lowest BCUT2D eigenvalue weighted by atomic mass is 10.2. The van der Waals surface area contributed by atoms with Crippen molar-refractivity contribution in [3.63, 3.8) is 0 Å². The Hall–Kier alpha value is -2.96. The number of alkyl halides is 3. The van der Waals surface area contributed by atoms with Crippen LogP contribution in [0, 0.1) is 0 Å². The summed E-state index contributed by atoms with van der Waals surface area (Å²) < 4.78 is 43.2. The molecule has 7 heteroatoms. The fourth-order valence-electron chi connectivity index (χ4n) is 2.33. The topological polar surface area (TPSA) is 54.1 Å². The number of carbonyl (C=O) groups excluding carboxylic acids is 1. The van der Waals surface area contributed by atoms with Crippen LogP contribution in [0.25, 0.3) is 10.9 Å². The van der Waals surface area contributed by atoms with Crippen LogP contribution in [-0.4, -0.2) is 18.0 Å². The fourth-order valence-corrected chi connectivity index (χ4v) is 2.33. The Labute approximate surface area is 135 Å². The summed E-state index contributed by atoms with van der Waals surface area (Å²) in [6, 6.07) is 11.4. The normalized spacial score (nSPS) is 11.5. The van der Waals surface area contributed by atoms with Crippen molar-refractivity contribution in [3.8, 4) is 5.75 Å². The van der Waals surface area contributed by atoms with Crippen LogP contribution in [0.4, 0.5) is 18.9 Å². The van der Waals surface area contributed by atoms with E-state index in [0.29, 0.717) is 5.75 Å². The van der Waals surface area contributed by atoms with Gasteiger partial charge in [0.05, 0.1) is 12.7 Å². The maximum absolute atomic E-state index is 12.7. The van der Waals surface area contributed by atoms with Gasteiger partial charge >= 0.3 is 6.18 Å². The molecule has 2 aromatic carbocycles. The Morgan fingerprint density at radius 3 is 2.62 bits per heavy atom. The van der Waals surface area contributed by atoms with Gasteiger partial charge in [0.1, 0.15) is 11.4 Å². The number of aromatic nitrogens is 1. The number of ether oxygens (including phenoxy) is 1. The molecule has 0 fully saturated rings.